The summed E-state index contributed by atoms with van der Waals surface area (Å²) in [5.41, 5.74) is 0.669. The summed E-state index contributed by atoms with van der Waals surface area (Å²) in [7, 11) is 0. The third kappa shape index (κ3) is 3.22. The maximum absolute atomic E-state index is 11.7. The van der Waals surface area contributed by atoms with Crippen molar-refractivity contribution in [1.29, 1.82) is 0 Å². The van der Waals surface area contributed by atoms with Crippen molar-refractivity contribution in [1.82, 2.24) is 5.32 Å². The predicted molar refractivity (Wildman–Crippen MR) is 67.3 cm³/mol. The molecule has 1 aliphatic carbocycles. The summed E-state index contributed by atoms with van der Waals surface area (Å²) in [4.78, 5) is 11.7. The van der Waals surface area contributed by atoms with Crippen LogP contribution in [0.25, 0.3) is 0 Å². The van der Waals surface area contributed by atoms with Crippen LogP contribution in [-0.4, -0.2) is 18.6 Å². The second-order valence-electron chi connectivity index (χ2n) is 4.41. The summed E-state index contributed by atoms with van der Waals surface area (Å²) in [5, 5.41) is 2.79. The highest BCUT2D eigenvalue weighted by molar-refractivity contribution is 5.94. The van der Waals surface area contributed by atoms with E-state index >= 15 is 0 Å². The number of hydrogen-bond acceptors (Lipinski definition) is 2. The molecule has 1 amide bonds. The van der Waals surface area contributed by atoms with E-state index in [0.717, 1.165) is 18.6 Å². The molecule has 0 spiro atoms. The molecule has 1 aromatic carbocycles. The van der Waals surface area contributed by atoms with Crippen molar-refractivity contribution in [3.63, 3.8) is 0 Å². The van der Waals surface area contributed by atoms with Gasteiger partial charge in [0.2, 0.25) is 0 Å². The molecule has 0 saturated heterocycles. The molecule has 2 rings (SSSR count). The first-order valence-electron chi connectivity index (χ1n) is 6.34. The summed E-state index contributed by atoms with van der Waals surface area (Å²) in [5.74, 6) is 0.769. The van der Waals surface area contributed by atoms with E-state index in [1.165, 1.54) is 12.8 Å². The van der Waals surface area contributed by atoms with Gasteiger partial charge in [0.05, 0.1) is 6.10 Å². The van der Waals surface area contributed by atoms with Crippen molar-refractivity contribution in [2.75, 3.05) is 6.54 Å². The topological polar surface area (TPSA) is 38.3 Å². The molecule has 1 aliphatic rings. The lowest BCUT2D eigenvalue weighted by molar-refractivity contribution is 0.0955. The fourth-order valence-corrected chi connectivity index (χ4v) is 2.17. The minimum absolute atomic E-state index is 0.0376. The highest BCUT2D eigenvalue weighted by Gasteiger charge is 2.16. The zero-order valence-electron chi connectivity index (χ0n) is 10.2. The second kappa shape index (κ2) is 5.71. The predicted octanol–water partition coefficient (Wildman–Crippen LogP) is 2.76. The van der Waals surface area contributed by atoms with Crippen molar-refractivity contribution >= 4 is 5.91 Å². The van der Waals surface area contributed by atoms with Gasteiger partial charge in [-0.15, -0.1) is 0 Å². The molecule has 1 saturated carbocycles. The Bertz CT molecular complexity index is 384. The third-order valence-electron chi connectivity index (χ3n) is 3.04. The number of amides is 1. The maximum atomic E-state index is 11.7. The molecular weight excluding hydrogens is 214 g/mol. The summed E-state index contributed by atoms with van der Waals surface area (Å²) < 4.78 is 5.86. The summed E-state index contributed by atoms with van der Waals surface area (Å²) >= 11 is 0. The number of nitrogens with one attached hydrogen (secondary N) is 1. The van der Waals surface area contributed by atoms with Crippen molar-refractivity contribution < 1.29 is 9.53 Å². The molecule has 0 unspecified atom stereocenters. The first-order valence-corrected chi connectivity index (χ1v) is 6.34. The van der Waals surface area contributed by atoms with E-state index in [2.05, 4.69) is 5.32 Å². The fourth-order valence-electron chi connectivity index (χ4n) is 2.17. The quantitative estimate of drug-likeness (QED) is 0.868. The van der Waals surface area contributed by atoms with Crippen LogP contribution in [-0.2, 0) is 0 Å². The summed E-state index contributed by atoms with van der Waals surface area (Å²) in [6.45, 7) is 2.56. The van der Waals surface area contributed by atoms with Crippen LogP contribution >= 0.6 is 0 Å². The smallest absolute Gasteiger partial charge is 0.251 e. The number of hydrogen-bond donors (Lipinski definition) is 1. The first kappa shape index (κ1) is 12.0. The number of rotatable bonds is 4. The zero-order valence-corrected chi connectivity index (χ0v) is 10.2. The van der Waals surface area contributed by atoms with Gasteiger partial charge in [-0.05, 0) is 50.8 Å². The monoisotopic (exact) mass is 233 g/mol. The second-order valence-corrected chi connectivity index (χ2v) is 4.41. The molecule has 0 bridgehead atoms. The highest BCUT2D eigenvalue weighted by Crippen LogP contribution is 2.24. The molecule has 3 nitrogen and oxygen atoms in total. The maximum Gasteiger partial charge on any atom is 0.251 e. The summed E-state index contributed by atoms with van der Waals surface area (Å²) in [6, 6.07) is 7.42. The van der Waals surface area contributed by atoms with E-state index < -0.39 is 0 Å². The minimum Gasteiger partial charge on any atom is -0.490 e. The van der Waals surface area contributed by atoms with Gasteiger partial charge in [-0.1, -0.05) is 6.07 Å². The average Bonchev–Trinajstić information content (AvgIpc) is 2.82. The molecule has 17 heavy (non-hydrogen) atoms. The van der Waals surface area contributed by atoms with Crippen LogP contribution in [0.4, 0.5) is 0 Å². The van der Waals surface area contributed by atoms with Crippen LogP contribution in [0.2, 0.25) is 0 Å². The molecule has 0 radical (unpaired) electrons. The van der Waals surface area contributed by atoms with Gasteiger partial charge >= 0.3 is 0 Å². The molecule has 92 valence electrons. The standard InChI is InChI=1S/C14H19NO2/c1-2-15-14(16)11-6-5-9-13(10-11)17-12-7-3-4-8-12/h5-6,9-10,12H,2-4,7-8H2,1H3,(H,15,16). The van der Waals surface area contributed by atoms with Crippen LogP contribution in [0.15, 0.2) is 24.3 Å². The summed E-state index contributed by atoms with van der Waals surface area (Å²) in [6.07, 6.45) is 5.09. The molecule has 0 heterocycles. The van der Waals surface area contributed by atoms with Gasteiger partial charge in [-0.2, -0.15) is 0 Å². The molecule has 0 atom stereocenters. The number of carbonyl (C=O) groups is 1. The SMILES string of the molecule is CCNC(=O)c1cccc(OC2CCCC2)c1. The largest absolute Gasteiger partial charge is 0.490 e. The van der Waals surface area contributed by atoms with Gasteiger partial charge < -0.3 is 10.1 Å². The Labute approximate surface area is 102 Å². The molecular formula is C14H19NO2. The fraction of sp³-hybridized carbons (Fsp3) is 0.500. The molecule has 0 aliphatic heterocycles. The average molecular weight is 233 g/mol. The highest BCUT2D eigenvalue weighted by atomic mass is 16.5. The third-order valence-corrected chi connectivity index (χ3v) is 3.04. The van der Waals surface area contributed by atoms with Crippen LogP contribution in [0.3, 0.4) is 0 Å². The zero-order chi connectivity index (χ0) is 12.1. The van der Waals surface area contributed by atoms with E-state index in [4.69, 9.17) is 4.74 Å². The Balaban J connectivity index is 2.02. The van der Waals surface area contributed by atoms with Crippen molar-refractivity contribution in [3.8, 4) is 5.75 Å². The van der Waals surface area contributed by atoms with Gasteiger partial charge in [0.25, 0.3) is 5.91 Å². The van der Waals surface area contributed by atoms with Crippen molar-refractivity contribution in [2.45, 2.75) is 38.7 Å². The Kier molecular flexibility index (Phi) is 4.02. The lowest BCUT2D eigenvalue weighted by atomic mass is 10.2. The van der Waals surface area contributed by atoms with Crippen LogP contribution in [0, 0.1) is 0 Å². The van der Waals surface area contributed by atoms with E-state index in [0.29, 0.717) is 18.2 Å². The lowest BCUT2D eigenvalue weighted by Crippen LogP contribution is -2.22. The molecule has 0 aromatic heterocycles. The van der Waals surface area contributed by atoms with Crippen molar-refractivity contribution in [2.24, 2.45) is 0 Å². The van der Waals surface area contributed by atoms with E-state index in [9.17, 15) is 4.79 Å². The van der Waals surface area contributed by atoms with Crippen LogP contribution in [0.5, 0.6) is 5.75 Å². The normalized spacial score (nSPS) is 15.8. The van der Waals surface area contributed by atoms with Gasteiger partial charge in [0, 0.05) is 12.1 Å². The number of carbonyl (C=O) groups excluding carboxylic acids is 1. The lowest BCUT2D eigenvalue weighted by Gasteiger charge is -2.13. The van der Waals surface area contributed by atoms with E-state index in [1.54, 1.807) is 0 Å². The molecule has 1 fully saturated rings. The van der Waals surface area contributed by atoms with Gasteiger partial charge in [0.1, 0.15) is 5.75 Å². The van der Waals surface area contributed by atoms with E-state index in [1.807, 2.05) is 31.2 Å². The molecule has 1 N–H and O–H groups in total. The first-order chi connectivity index (χ1) is 8.29. The van der Waals surface area contributed by atoms with Crippen molar-refractivity contribution in [3.05, 3.63) is 29.8 Å². The van der Waals surface area contributed by atoms with Gasteiger partial charge in [0.15, 0.2) is 0 Å². The van der Waals surface area contributed by atoms with Crippen LogP contribution < -0.4 is 10.1 Å². The molecule has 3 heteroatoms. The molecule has 1 aromatic rings. The Morgan fingerprint density at radius 1 is 1.41 bits per heavy atom. The Morgan fingerprint density at radius 3 is 2.88 bits per heavy atom. The van der Waals surface area contributed by atoms with Gasteiger partial charge in [-0.25, -0.2) is 0 Å². The minimum atomic E-state index is -0.0376. The number of ether oxygens (including phenoxy) is 1. The Hall–Kier alpha value is -1.51. The Morgan fingerprint density at radius 2 is 2.18 bits per heavy atom. The van der Waals surface area contributed by atoms with Gasteiger partial charge in [-0.3, -0.25) is 4.79 Å². The van der Waals surface area contributed by atoms with E-state index in [-0.39, 0.29) is 5.91 Å². The van der Waals surface area contributed by atoms with Crippen LogP contribution in [0.1, 0.15) is 43.0 Å². The number of benzene rings is 1.